The van der Waals surface area contributed by atoms with Gasteiger partial charge in [-0.2, -0.15) is 0 Å². The van der Waals surface area contributed by atoms with Crippen LogP contribution in [0.5, 0.6) is 5.75 Å². The third-order valence-electron chi connectivity index (χ3n) is 5.59. The Morgan fingerprint density at radius 2 is 2.00 bits per heavy atom. The van der Waals surface area contributed by atoms with Crippen LogP contribution in [0.1, 0.15) is 43.0 Å². The van der Waals surface area contributed by atoms with Crippen molar-refractivity contribution in [3.63, 3.8) is 0 Å². The molecular weight excluding hydrogens is 398 g/mol. The molecular formula is C23H29N3O3S. The van der Waals surface area contributed by atoms with Crippen LogP contribution in [-0.2, 0) is 19.4 Å². The van der Waals surface area contributed by atoms with Gasteiger partial charge < -0.3 is 14.8 Å². The van der Waals surface area contributed by atoms with E-state index in [1.165, 1.54) is 16.9 Å². The van der Waals surface area contributed by atoms with Crippen molar-refractivity contribution in [2.24, 2.45) is 0 Å². The summed E-state index contributed by atoms with van der Waals surface area (Å²) in [5, 5.41) is 11.3. The summed E-state index contributed by atoms with van der Waals surface area (Å²) in [5.74, 6) is 1.39. The largest absolute Gasteiger partial charge is 0.491 e. The van der Waals surface area contributed by atoms with Gasteiger partial charge in [-0.15, -0.1) is 11.3 Å². The number of aromatic nitrogens is 2. The van der Waals surface area contributed by atoms with Crippen molar-refractivity contribution in [3.8, 4) is 5.75 Å². The van der Waals surface area contributed by atoms with Crippen LogP contribution in [0.4, 0.5) is 0 Å². The van der Waals surface area contributed by atoms with E-state index in [-0.39, 0.29) is 18.2 Å². The van der Waals surface area contributed by atoms with E-state index in [2.05, 4.69) is 23.7 Å². The lowest BCUT2D eigenvalue weighted by Crippen LogP contribution is -2.40. The van der Waals surface area contributed by atoms with E-state index >= 15 is 0 Å². The van der Waals surface area contributed by atoms with Gasteiger partial charge >= 0.3 is 0 Å². The molecule has 1 atom stereocenters. The molecule has 3 aromatic rings. The Hall–Kier alpha value is -2.22. The number of H-pyrrole nitrogens is 1. The maximum atomic E-state index is 12.8. The predicted molar refractivity (Wildman–Crippen MR) is 120 cm³/mol. The molecule has 2 aromatic heterocycles. The lowest BCUT2D eigenvalue weighted by Gasteiger charge is -2.28. The van der Waals surface area contributed by atoms with Crippen LogP contribution in [0.3, 0.4) is 0 Å². The molecule has 0 fully saturated rings. The minimum Gasteiger partial charge on any atom is -0.491 e. The summed E-state index contributed by atoms with van der Waals surface area (Å²) in [5.41, 5.74) is 1.17. The maximum Gasteiger partial charge on any atom is 0.259 e. The molecule has 0 aliphatic heterocycles. The summed E-state index contributed by atoms with van der Waals surface area (Å²) in [4.78, 5) is 24.8. The lowest BCUT2D eigenvalue weighted by atomic mass is 9.97. The van der Waals surface area contributed by atoms with Crippen LogP contribution in [0, 0.1) is 0 Å². The highest BCUT2D eigenvalue weighted by atomic mass is 32.1. The molecule has 0 unspecified atom stereocenters. The zero-order valence-electron chi connectivity index (χ0n) is 17.6. The number of benzene rings is 1. The van der Waals surface area contributed by atoms with E-state index in [1.807, 2.05) is 30.3 Å². The summed E-state index contributed by atoms with van der Waals surface area (Å²) < 4.78 is 5.67. The average Bonchev–Trinajstić information content (AvgIpc) is 3.11. The molecule has 0 radical (unpaired) electrons. The average molecular weight is 428 g/mol. The third-order valence-corrected chi connectivity index (χ3v) is 6.77. The van der Waals surface area contributed by atoms with Crippen molar-refractivity contribution in [2.45, 2.75) is 58.2 Å². The van der Waals surface area contributed by atoms with E-state index in [1.54, 1.807) is 11.3 Å². The van der Waals surface area contributed by atoms with Gasteiger partial charge in [0.05, 0.1) is 11.9 Å². The Bertz CT molecular complexity index is 1050. The van der Waals surface area contributed by atoms with Gasteiger partial charge in [-0.1, -0.05) is 18.2 Å². The molecule has 1 aliphatic rings. The van der Waals surface area contributed by atoms with Crippen molar-refractivity contribution < 1.29 is 9.84 Å². The number of aliphatic hydroxyl groups excluding tert-OH is 1. The topological polar surface area (TPSA) is 78.5 Å². The molecule has 30 heavy (non-hydrogen) atoms. The van der Waals surface area contributed by atoms with Crippen LogP contribution in [0.2, 0.25) is 0 Å². The fraction of sp³-hybridized carbons (Fsp3) is 0.478. The van der Waals surface area contributed by atoms with E-state index in [0.717, 1.165) is 35.2 Å². The number of hydrogen-bond donors (Lipinski definition) is 2. The van der Waals surface area contributed by atoms with Gasteiger partial charge in [0, 0.05) is 17.5 Å². The van der Waals surface area contributed by atoms with Crippen LogP contribution >= 0.6 is 11.3 Å². The molecule has 0 saturated carbocycles. The van der Waals surface area contributed by atoms with Gasteiger partial charge in [0.25, 0.3) is 5.56 Å². The summed E-state index contributed by atoms with van der Waals surface area (Å²) >= 11 is 1.66. The van der Waals surface area contributed by atoms with Crippen molar-refractivity contribution in [1.82, 2.24) is 14.9 Å². The van der Waals surface area contributed by atoms with Gasteiger partial charge in [-0.25, -0.2) is 4.98 Å². The molecule has 160 valence electrons. The predicted octanol–water partition coefficient (Wildman–Crippen LogP) is 3.51. The summed E-state index contributed by atoms with van der Waals surface area (Å²) in [7, 11) is 0. The van der Waals surface area contributed by atoms with Gasteiger partial charge in [0.2, 0.25) is 0 Å². The fourth-order valence-electron chi connectivity index (χ4n) is 3.97. The third kappa shape index (κ3) is 4.74. The number of nitrogens with one attached hydrogen (secondary N) is 1. The first kappa shape index (κ1) is 21.0. The summed E-state index contributed by atoms with van der Waals surface area (Å²) in [6.07, 6.45) is 3.72. The van der Waals surface area contributed by atoms with Crippen molar-refractivity contribution in [1.29, 1.82) is 0 Å². The molecule has 0 bridgehead atoms. The van der Waals surface area contributed by atoms with Gasteiger partial charge in [-0.3, -0.25) is 9.69 Å². The first-order valence-electron chi connectivity index (χ1n) is 10.6. The zero-order valence-corrected chi connectivity index (χ0v) is 18.4. The first-order chi connectivity index (χ1) is 14.5. The second-order valence-corrected chi connectivity index (χ2v) is 9.29. The number of aliphatic hydroxyl groups is 1. The van der Waals surface area contributed by atoms with Gasteiger partial charge in [-0.05, 0) is 57.2 Å². The number of hydrogen-bond acceptors (Lipinski definition) is 6. The minimum atomic E-state index is -0.642. The number of aromatic amines is 1. The van der Waals surface area contributed by atoms with Crippen LogP contribution in [0.15, 0.2) is 35.1 Å². The lowest BCUT2D eigenvalue weighted by molar-refractivity contribution is 0.0533. The minimum absolute atomic E-state index is 0.0361. The summed E-state index contributed by atoms with van der Waals surface area (Å²) in [6.45, 7) is 5.28. The Balaban J connectivity index is 1.46. The number of nitrogens with zero attached hydrogens (tertiary/aromatic N) is 2. The Morgan fingerprint density at radius 3 is 2.77 bits per heavy atom. The van der Waals surface area contributed by atoms with E-state index < -0.39 is 6.10 Å². The highest BCUT2D eigenvalue weighted by Crippen LogP contribution is 2.33. The second-order valence-electron chi connectivity index (χ2n) is 8.20. The number of thiophene rings is 1. The van der Waals surface area contributed by atoms with Crippen LogP contribution < -0.4 is 10.3 Å². The van der Waals surface area contributed by atoms with Crippen LogP contribution in [0.25, 0.3) is 10.2 Å². The Morgan fingerprint density at radius 1 is 1.23 bits per heavy atom. The second kappa shape index (κ2) is 9.29. The molecule has 0 amide bonds. The molecule has 1 aliphatic carbocycles. The van der Waals surface area contributed by atoms with E-state index in [9.17, 15) is 9.90 Å². The smallest absolute Gasteiger partial charge is 0.259 e. The molecule has 2 heterocycles. The van der Waals surface area contributed by atoms with E-state index in [4.69, 9.17) is 9.72 Å². The number of para-hydroxylation sites is 1. The molecule has 7 heteroatoms. The monoisotopic (exact) mass is 427 g/mol. The molecule has 0 saturated heterocycles. The molecule has 0 spiro atoms. The molecule has 1 aromatic carbocycles. The Kier molecular flexibility index (Phi) is 6.51. The highest BCUT2D eigenvalue weighted by molar-refractivity contribution is 7.18. The van der Waals surface area contributed by atoms with Gasteiger partial charge in [0.15, 0.2) is 0 Å². The number of ether oxygens (including phenoxy) is 1. The molecule has 2 N–H and O–H groups in total. The van der Waals surface area contributed by atoms with Crippen molar-refractivity contribution in [3.05, 3.63) is 57.0 Å². The quantitative estimate of drug-likeness (QED) is 0.575. The highest BCUT2D eigenvalue weighted by Gasteiger charge is 2.21. The van der Waals surface area contributed by atoms with Crippen molar-refractivity contribution >= 4 is 21.6 Å². The fourth-order valence-corrected chi connectivity index (χ4v) is 5.25. The normalized spacial score (nSPS) is 15.0. The van der Waals surface area contributed by atoms with Gasteiger partial charge in [0.1, 0.15) is 29.1 Å². The number of rotatable bonds is 8. The molecule has 4 rings (SSSR count). The van der Waals surface area contributed by atoms with E-state index in [0.29, 0.717) is 18.9 Å². The van der Waals surface area contributed by atoms with Crippen LogP contribution in [-0.4, -0.2) is 45.3 Å². The Labute approximate surface area is 180 Å². The number of fused-ring (bicyclic) bond motifs is 3. The maximum absolute atomic E-state index is 12.8. The standard InChI is InChI=1S/C23H29N3O3S/c1-15(2)26(12-16(27)14-29-17-8-4-3-5-9-17)13-20-24-22(28)21-18-10-6-7-11-19(18)30-23(21)25-20/h3-5,8-9,15-16,27H,6-7,10-14H2,1-2H3,(H,24,25,28)/t16-/m1/s1. The SMILES string of the molecule is CC(C)N(Cc1nc2sc3c(c2c(=O)[nH]1)CCCC3)C[C@@H](O)COc1ccccc1. The zero-order chi connectivity index (χ0) is 21.1. The first-order valence-corrected chi connectivity index (χ1v) is 11.5. The van der Waals surface area contributed by atoms with Crippen molar-refractivity contribution in [2.75, 3.05) is 13.2 Å². The summed E-state index contributed by atoms with van der Waals surface area (Å²) in [6, 6.07) is 9.67. The number of aryl methyl sites for hydroxylation is 2. The molecule has 6 nitrogen and oxygen atoms in total.